The van der Waals surface area contributed by atoms with Gasteiger partial charge in [-0.1, -0.05) is 30.3 Å². The minimum atomic E-state index is 0.189. The smallest absolute Gasteiger partial charge is 0.164 e. The minimum absolute atomic E-state index is 0.189. The van der Waals surface area contributed by atoms with Crippen LogP contribution in [0.3, 0.4) is 0 Å². The van der Waals surface area contributed by atoms with Crippen LogP contribution < -0.4 is 4.90 Å². The van der Waals surface area contributed by atoms with E-state index in [-0.39, 0.29) is 5.78 Å². The van der Waals surface area contributed by atoms with Gasteiger partial charge >= 0.3 is 0 Å². The van der Waals surface area contributed by atoms with E-state index in [1.165, 1.54) is 0 Å². The van der Waals surface area contributed by atoms with Crippen molar-refractivity contribution in [1.82, 2.24) is 9.88 Å². The monoisotopic (exact) mass is 320 g/mol. The van der Waals surface area contributed by atoms with Gasteiger partial charge in [-0.05, 0) is 12.1 Å². The topological polar surface area (TPSA) is 60.2 Å². The fourth-order valence-corrected chi connectivity index (χ4v) is 2.95. The molecule has 1 saturated heterocycles. The molecule has 0 atom stereocenters. The highest BCUT2D eigenvalue weighted by Gasteiger charge is 2.20. The molecule has 1 fully saturated rings. The van der Waals surface area contributed by atoms with Gasteiger partial charge in [0.1, 0.15) is 11.9 Å². The predicted molar refractivity (Wildman–Crippen MR) is 93.0 cm³/mol. The van der Waals surface area contributed by atoms with E-state index in [1.807, 2.05) is 30.3 Å². The van der Waals surface area contributed by atoms with Crippen molar-refractivity contribution in [2.24, 2.45) is 0 Å². The van der Waals surface area contributed by atoms with Gasteiger partial charge in [-0.25, -0.2) is 4.98 Å². The molecule has 1 aromatic carbocycles. The van der Waals surface area contributed by atoms with Crippen molar-refractivity contribution in [3.8, 4) is 6.07 Å². The number of benzene rings is 1. The molecule has 0 spiro atoms. The van der Waals surface area contributed by atoms with Gasteiger partial charge in [0.15, 0.2) is 5.78 Å². The SMILES string of the molecule is N#Cc1cccnc1N1CCN(CCC(=O)c2ccccc2)CC1. The van der Waals surface area contributed by atoms with E-state index < -0.39 is 0 Å². The molecule has 0 radical (unpaired) electrons. The highest BCUT2D eigenvalue weighted by molar-refractivity contribution is 5.96. The maximum atomic E-state index is 12.2. The first-order valence-corrected chi connectivity index (χ1v) is 8.18. The Labute approximate surface area is 142 Å². The highest BCUT2D eigenvalue weighted by Crippen LogP contribution is 2.18. The number of rotatable bonds is 5. The molecular formula is C19H20N4O. The van der Waals surface area contributed by atoms with E-state index in [2.05, 4.69) is 20.9 Å². The van der Waals surface area contributed by atoms with Gasteiger partial charge in [0.2, 0.25) is 0 Å². The summed E-state index contributed by atoms with van der Waals surface area (Å²) in [7, 11) is 0. The van der Waals surface area contributed by atoms with Gasteiger partial charge in [-0.2, -0.15) is 5.26 Å². The van der Waals surface area contributed by atoms with Crippen LogP contribution in [0.25, 0.3) is 0 Å². The van der Waals surface area contributed by atoms with Crippen molar-refractivity contribution in [2.45, 2.75) is 6.42 Å². The molecule has 2 aromatic rings. The van der Waals surface area contributed by atoms with E-state index in [0.717, 1.165) is 44.1 Å². The quantitative estimate of drug-likeness (QED) is 0.792. The average Bonchev–Trinajstić information content (AvgIpc) is 2.67. The van der Waals surface area contributed by atoms with Crippen LogP contribution in [0.4, 0.5) is 5.82 Å². The zero-order valence-corrected chi connectivity index (χ0v) is 13.6. The van der Waals surface area contributed by atoms with Crippen LogP contribution in [-0.2, 0) is 0 Å². The second-order valence-electron chi connectivity index (χ2n) is 5.85. The van der Waals surface area contributed by atoms with E-state index >= 15 is 0 Å². The number of hydrogen-bond donors (Lipinski definition) is 0. The molecule has 2 heterocycles. The van der Waals surface area contributed by atoms with Gasteiger partial charge in [-0.3, -0.25) is 9.69 Å². The standard InChI is InChI=1S/C19H20N4O/c20-15-17-7-4-9-21-19(17)23-13-11-22(12-14-23)10-8-18(24)16-5-2-1-3-6-16/h1-7,9H,8,10-14H2. The number of nitrogens with zero attached hydrogens (tertiary/aromatic N) is 4. The van der Waals surface area contributed by atoms with Crippen LogP contribution in [-0.4, -0.2) is 48.4 Å². The lowest BCUT2D eigenvalue weighted by atomic mass is 10.1. The summed E-state index contributed by atoms with van der Waals surface area (Å²) in [5, 5.41) is 9.19. The lowest BCUT2D eigenvalue weighted by Crippen LogP contribution is -2.47. The summed E-state index contributed by atoms with van der Waals surface area (Å²) in [6.45, 7) is 4.18. The number of ketones is 1. The van der Waals surface area contributed by atoms with Gasteiger partial charge in [0, 0.05) is 50.9 Å². The fourth-order valence-electron chi connectivity index (χ4n) is 2.95. The summed E-state index contributed by atoms with van der Waals surface area (Å²) in [5.41, 5.74) is 1.40. The van der Waals surface area contributed by atoms with Crippen LogP contribution in [0, 0.1) is 11.3 Å². The Morgan fingerprint density at radius 1 is 1.08 bits per heavy atom. The van der Waals surface area contributed by atoms with Crippen molar-refractivity contribution >= 4 is 11.6 Å². The summed E-state index contributed by atoms with van der Waals surface area (Å²) >= 11 is 0. The number of carbonyl (C=O) groups excluding carboxylic acids is 1. The average molecular weight is 320 g/mol. The van der Waals surface area contributed by atoms with Crippen LogP contribution in [0.2, 0.25) is 0 Å². The molecule has 1 aliphatic rings. The summed E-state index contributed by atoms with van der Waals surface area (Å²) in [6.07, 6.45) is 2.26. The zero-order chi connectivity index (χ0) is 16.8. The molecule has 1 aromatic heterocycles. The number of hydrogen-bond acceptors (Lipinski definition) is 5. The first kappa shape index (κ1) is 16.2. The number of piperazine rings is 1. The summed E-state index contributed by atoms with van der Waals surface area (Å²) in [4.78, 5) is 21.0. The Balaban J connectivity index is 1.51. The molecule has 0 unspecified atom stereocenters. The molecule has 3 rings (SSSR count). The molecule has 5 heteroatoms. The summed E-state index contributed by atoms with van der Waals surface area (Å²) in [5.74, 6) is 0.953. The maximum Gasteiger partial charge on any atom is 0.164 e. The first-order chi connectivity index (χ1) is 11.8. The third-order valence-corrected chi connectivity index (χ3v) is 4.33. The Bertz CT molecular complexity index is 731. The molecule has 0 bridgehead atoms. The Morgan fingerprint density at radius 3 is 2.54 bits per heavy atom. The minimum Gasteiger partial charge on any atom is -0.353 e. The van der Waals surface area contributed by atoms with Crippen molar-refractivity contribution in [3.05, 3.63) is 59.8 Å². The predicted octanol–water partition coefficient (Wildman–Crippen LogP) is 2.35. The van der Waals surface area contributed by atoms with Crippen LogP contribution in [0.5, 0.6) is 0 Å². The van der Waals surface area contributed by atoms with Crippen LogP contribution >= 0.6 is 0 Å². The van der Waals surface area contributed by atoms with Crippen molar-refractivity contribution in [2.75, 3.05) is 37.6 Å². The van der Waals surface area contributed by atoms with Crippen molar-refractivity contribution < 1.29 is 4.79 Å². The van der Waals surface area contributed by atoms with E-state index in [1.54, 1.807) is 18.3 Å². The number of pyridine rings is 1. The molecule has 24 heavy (non-hydrogen) atoms. The normalized spacial score (nSPS) is 15.0. The third-order valence-electron chi connectivity index (χ3n) is 4.33. The second-order valence-corrected chi connectivity index (χ2v) is 5.85. The molecular weight excluding hydrogens is 300 g/mol. The third kappa shape index (κ3) is 3.79. The van der Waals surface area contributed by atoms with E-state index in [9.17, 15) is 10.1 Å². The summed E-state index contributed by atoms with van der Waals surface area (Å²) in [6, 6.07) is 15.2. The molecule has 0 N–H and O–H groups in total. The maximum absolute atomic E-state index is 12.2. The molecule has 0 amide bonds. The number of carbonyl (C=O) groups is 1. The van der Waals surface area contributed by atoms with E-state index in [0.29, 0.717) is 12.0 Å². The lowest BCUT2D eigenvalue weighted by molar-refractivity contribution is 0.0962. The van der Waals surface area contributed by atoms with E-state index in [4.69, 9.17) is 0 Å². The Morgan fingerprint density at radius 2 is 1.83 bits per heavy atom. The molecule has 122 valence electrons. The lowest BCUT2D eigenvalue weighted by Gasteiger charge is -2.35. The zero-order valence-electron chi connectivity index (χ0n) is 13.6. The molecule has 0 aliphatic carbocycles. The Kier molecular flexibility index (Phi) is 5.19. The Hall–Kier alpha value is -2.71. The second kappa shape index (κ2) is 7.71. The highest BCUT2D eigenvalue weighted by atomic mass is 16.1. The fraction of sp³-hybridized carbons (Fsp3) is 0.316. The largest absolute Gasteiger partial charge is 0.353 e. The van der Waals surface area contributed by atoms with Crippen molar-refractivity contribution in [3.63, 3.8) is 0 Å². The molecule has 1 aliphatic heterocycles. The van der Waals surface area contributed by atoms with Gasteiger partial charge < -0.3 is 4.90 Å². The van der Waals surface area contributed by atoms with Gasteiger partial charge in [0.05, 0.1) is 5.56 Å². The number of anilines is 1. The van der Waals surface area contributed by atoms with Crippen LogP contribution in [0.1, 0.15) is 22.3 Å². The first-order valence-electron chi connectivity index (χ1n) is 8.18. The number of nitriles is 1. The number of Topliss-reactive ketones (excluding diaryl/α,β-unsaturated/α-hetero) is 1. The summed E-state index contributed by atoms with van der Waals surface area (Å²) < 4.78 is 0. The van der Waals surface area contributed by atoms with Gasteiger partial charge in [0.25, 0.3) is 0 Å². The number of aromatic nitrogens is 1. The van der Waals surface area contributed by atoms with Crippen molar-refractivity contribution in [1.29, 1.82) is 5.26 Å². The van der Waals surface area contributed by atoms with Crippen LogP contribution in [0.15, 0.2) is 48.7 Å². The van der Waals surface area contributed by atoms with Gasteiger partial charge in [-0.15, -0.1) is 0 Å². The molecule has 0 saturated carbocycles. The molecule has 5 nitrogen and oxygen atoms in total.